The predicted molar refractivity (Wildman–Crippen MR) is 105 cm³/mol. The van der Waals surface area contributed by atoms with Crippen LogP contribution in [0, 0.1) is 10.5 Å². The Morgan fingerprint density at radius 3 is 2.46 bits per heavy atom. The number of anilines is 1. The molecule has 0 bridgehead atoms. The van der Waals surface area contributed by atoms with Crippen LogP contribution in [0.25, 0.3) is 6.08 Å². The molecule has 0 atom stereocenters. The van der Waals surface area contributed by atoms with E-state index in [1.54, 1.807) is 6.08 Å². The van der Waals surface area contributed by atoms with Crippen molar-refractivity contribution in [2.75, 3.05) is 19.0 Å². The van der Waals surface area contributed by atoms with Gasteiger partial charge in [-0.1, -0.05) is 12.1 Å². The molecule has 0 fully saturated rings. The van der Waals surface area contributed by atoms with Gasteiger partial charge in [-0.05, 0) is 77.0 Å². The van der Waals surface area contributed by atoms with E-state index in [2.05, 4.69) is 27.6 Å². The molecular weight excluding hydrogens is 415 g/mol. The number of aliphatic imine (C=N–C) groups is 1. The van der Waals surface area contributed by atoms with Gasteiger partial charge < -0.3 is 9.64 Å². The summed E-state index contributed by atoms with van der Waals surface area (Å²) < 4.78 is 6.49. The van der Waals surface area contributed by atoms with E-state index >= 15 is 0 Å². The van der Waals surface area contributed by atoms with Gasteiger partial charge >= 0.3 is 5.97 Å². The zero-order valence-corrected chi connectivity index (χ0v) is 15.9. The summed E-state index contributed by atoms with van der Waals surface area (Å²) in [6.45, 7) is 2.02. The number of cyclic esters (lactones) is 1. The van der Waals surface area contributed by atoms with Gasteiger partial charge in [-0.15, -0.1) is 0 Å². The highest BCUT2D eigenvalue weighted by molar-refractivity contribution is 14.1. The molecule has 122 valence electrons. The van der Waals surface area contributed by atoms with E-state index < -0.39 is 5.97 Å². The second-order valence-corrected chi connectivity index (χ2v) is 6.95. The zero-order valence-electron chi connectivity index (χ0n) is 13.7. The number of aryl methyl sites for hydroxylation is 1. The Kier molecular flexibility index (Phi) is 4.71. The summed E-state index contributed by atoms with van der Waals surface area (Å²) in [6, 6.07) is 13.8. The number of hydrogen-bond acceptors (Lipinski definition) is 4. The Morgan fingerprint density at radius 1 is 1.12 bits per heavy atom. The highest BCUT2D eigenvalue weighted by Crippen LogP contribution is 2.22. The molecule has 0 saturated heterocycles. The van der Waals surface area contributed by atoms with E-state index in [1.165, 1.54) is 0 Å². The van der Waals surface area contributed by atoms with E-state index in [0.29, 0.717) is 11.6 Å². The minimum Gasteiger partial charge on any atom is -0.402 e. The third-order valence-electron chi connectivity index (χ3n) is 3.74. The minimum atomic E-state index is -0.419. The van der Waals surface area contributed by atoms with Crippen molar-refractivity contribution in [3.05, 3.63) is 68.4 Å². The number of halogens is 1. The first kappa shape index (κ1) is 16.7. The van der Waals surface area contributed by atoms with Crippen LogP contribution in [0.4, 0.5) is 5.69 Å². The molecule has 4 nitrogen and oxygen atoms in total. The fraction of sp³-hybridized carbons (Fsp3) is 0.158. The molecule has 0 spiro atoms. The second-order valence-electron chi connectivity index (χ2n) is 5.79. The van der Waals surface area contributed by atoms with E-state index in [1.807, 2.05) is 68.4 Å². The van der Waals surface area contributed by atoms with Gasteiger partial charge in [0.2, 0.25) is 5.90 Å². The molecule has 1 aliphatic heterocycles. The summed E-state index contributed by atoms with van der Waals surface area (Å²) in [6.07, 6.45) is 1.74. The van der Waals surface area contributed by atoms with Crippen LogP contribution in [0.15, 0.2) is 53.2 Å². The first-order valence-corrected chi connectivity index (χ1v) is 8.58. The molecule has 0 amide bonds. The zero-order chi connectivity index (χ0) is 17.3. The SMILES string of the molecule is Cc1cc(C2=N/C(=C\c3ccc(N(C)C)cc3)C(=O)O2)ccc1I. The van der Waals surface area contributed by atoms with Crippen LogP contribution in [0.5, 0.6) is 0 Å². The van der Waals surface area contributed by atoms with Gasteiger partial charge in [0.05, 0.1) is 0 Å². The van der Waals surface area contributed by atoms with Crippen molar-refractivity contribution in [2.45, 2.75) is 6.92 Å². The van der Waals surface area contributed by atoms with Crippen molar-refractivity contribution in [3.63, 3.8) is 0 Å². The fourth-order valence-electron chi connectivity index (χ4n) is 2.34. The van der Waals surface area contributed by atoms with E-state index in [4.69, 9.17) is 4.74 Å². The number of hydrogen-bond donors (Lipinski definition) is 0. The summed E-state index contributed by atoms with van der Waals surface area (Å²) >= 11 is 2.27. The molecule has 0 N–H and O–H groups in total. The molecule has 24 heavy (non-hydrogen) atoms. The number of carbonyl (C=O) groups excluding carboxylic acids is 1. The summed E-state index contributed by atoms with van der Waals surface area (Å²) in [5.74, 6) is -0.0615. The van der Waals surface area contributed by atoms with Crippen LogP contribution in [0.2, 0.25) is 0 Å². The second kappa shape index (κ2) is 6.76. The number of carbonyl (C=O) groups is 1. The molecule has 0 unspecified atom stereocenters. The first-order chi connectivity index (χ1) is 11.4. The number of esters is 1. The predicted octanol–water partition coefficient (Wildman–Crippen LogP) is 4.01. The lowest BCUT2D eigenvalue weighted by Gasteiger charge is -2.11. The van der Waals surface area contributed by atoms with Gasteiger partial charge in [0.1, 0.15) is 0 Å². The van der Waals surface area contributed by atoms with Gasteiger partial charge in [-0.25, -0.2) is 9.79 Å². The molecule has 0 radical (unpaired) electrons. The highest BCUT2D eigenvalue weighted by Gasteiger charge is 2.24. The Hall–Kier alpha value is -2.15. The Morgan fingerprint density at radius 2 is 1.83 bits per heavy atom. The lowest BCUT2D eigenvalue weighted by molar-refractivity contribution is -0.129. The standard InChI is InChI=1S/C19H17IN2O2/c1-12-10-14(6-9-16(12)20)18-21-17(19(23)24-18)11-13-4-7-15(8-5-13)22(2)3/h4-11H,1-3H3/b17-11-. The van der Waals surface area contributed by atoms with E-state index in [0.717, 1.165) is 25.9 Å². The quantitative estimate of drug-likeness (QED) is 0.418. The van der Waals surface area contributed by atoms with Gasteiger partial charge in [-0.3, -0.25) is 0 Å². The van der Waals surface area contributed by atoms with Crippen LogP contribution in [-0.4, -0.2) is 26.0 Å². The number of benzene rings is 2. The minimum absolute atomic E-state index is 0.318. The third-order valence-corrected chi connectivity index (χ3v) is 4.95. The topological polar surface area (TPSA) is 41.9 Å². The fourth-order valence-corrected chi connectivity index (χ4v) is 2.67. The molecular formula is C19H17IN2O2. The maximum atomic E-state index is 12.1. The van der Waals surface area contributed by atoms with Crippen LogP contribution >= 0.6 is 22.6 Å². The molecule has 0 saturated carbocycles. The number of ether oxygens (including phenoxy) is 1. The third kappa shape index (κ3) is 3.51. The van der Waals surface area contributed by atoms with Gasteiger partial charge in [0.15, 0.2) is 5.70 Å². The highest BCUT2D eigenvalue weighted by atomic mass is 127. The average molecular weight is 432 g/mol. The number of nitrogens with zero attached hydrogens (tertiary/aromatic N) is 2. The van der Waals surface area contributed by atoms with E-state index in [9.17, 15) is 4.79 Å². The monoisotopic (exact) mass is 432 g/mol. The van der Waals surface area contributed by atoms with Crippen LogP contribution in [0.3, 0.4) is 0 Å². The van der Waals surface area contributed by atoms with Crippen molar-refractivity contribution < 1.29 is 9.53 Å². The molecule has 2 aromatic carbocycles. The largest absolute Gasteiger partial charge is 0.402 e. The van der Waals surface area contributed by atoms with E-state index in [-0.39, 0.29) is 0 Å². The Bertz CT molecular complexity index is 852. The Balaban J connectivity index is 1.89. The van der Waals surface area contributed by atoms with Crippen molar-refractivity contribution >= 4 is 46.2 Å². The average Bonchev–Trinajstić information content (AvgIpc) is 2.91. The van der Waals surface area contributed by atoms with Crippen molar-refractivity contribution in [2.24, 2.45) is 4.99 Å². The summed E-state index contributed by atoms with van der Waals surface area (Å²) in [5.41, 5.74) is 4.27. The van der Waals surface area contributed by atoms with Crippen molar-refractivity contribution in [3.8, 4) is 0 Å². The number of rotatable bonds is 3. The maximum Gasteiger partial charge on any atom is 0.363 e. The molecule has 0 aliphatic carbocycles. The summed E-state index contributed by atoms with van der Waals surface area (Å²) in [4.78, 5) is 18.5. The molecule has 3 rings (SSSR count). The lowest BCUT2D eigenvalue weighted by atomic mass is 10.1. The molecule has 0 aromatic heterocycles. The van der Waals surface area contributed by atoms with Gasteiger partial charge in [0.25, 0.3) is 0 Å². The van der Waals surface area contributed by atoms with Crippen LogP contribution in [-0.2, 0) is 9.53 Å². The smallest absolute Gasteiger partial charge is 0.363 e. The molecule has 2 aromatic rings. The van der Waals surface area contributed by atoms with Crippen molar-refractivity contribution in [1.29, 1.82) is 0 Å². The Labute approximate surface area is 155 Å². The van der Waals surface area contributed by atoms with Crippen molar-refractivity contribution in [1.82, 2.24) is 0 Å². The van der Waals surface area contributed by atoms with Gasteiger partial charge in [-0.2, -0.15) is 0 Å². The first-order valence-electron chi connectivity index (χ1n) is 7.50. The molecule has 1 heterocycles. The molecule has 1 aliphatic rings. The summed E-state index contributed by atoms with van der Waals surface area (Å²) in [5, 5.41) is 0. The lowest BCUT2D eigenvalue weighted by Crippen LogP contribution is -2.08. The van der Waals surface area contributed by atoms with Gasteiger partial charge in [0, 0.05) is 28.9 Å². The summed E-state index contributed by atoms with van der Waals surface area (Å²) in [7, 11) is 3.98. The maximum absolute atomic E-state index is 12.1. The van der Waals surface area contributed by atoms with Crippen LogP contribution in [0.1, 0.15) is 16.7 Å². The van der Waals surface area contributed by atoms with Crippen LogP contribution < -0.4 is 4.90 Å². The molecule has 5 heteroatoms. The normalized spacial score (nSPS) is 15.4.